The van der Waals surface area contributed by atoms with Crippen LogP contribution in [-0.4, -0.2) is 17.2 Å². The van der Waals surface area contributed by atoms with Crippen LogP contribution in [0.2, 0.25) is 0 Å². The fourth-order valence-corrected chi connectivity index (χ4v) is 0.544. The van der Waals surface area contributed by atoms with Gasteiger partial charge in [-0.2, -0.15) is 25.3 Å². The zero-order valence-corrected chi connectivity index (χ0v) is 7.78. The summed E-state index contributed by atoms with van der Waals surface area (Å²) in [4.78, 5) is 10.9. The Hall–Kier alpha value is -0.350. The van der Waals surface area contributed by atoms with Gasteiger partial charge in [-0.25, -0.2) is 4.79 Å². The lowest BCUT2D eigenvalue weighted by molar-refractivity contribution is -0.137. The van der Waals surface area contributed by atoms with Crippen LogP contribution >= 0.6 is 25.3 Å². The largest absolute Gasteiger partial charge is 0.458 e. The number of thiol groups is 2. The minimum atomic E-state index is -0.486. The van der Waals surface area contributed by atoms with Gasteiger partial charge in [0.2, 0.25) is 0 Å². The Kier molecular flexibility index (Phi) is 5.15. The summed E-state index contributed by atoms with van der Waals surface area (Å²) >= 11 is 7.78. The molecule has 0 heterocycles. The zero-order chi connectivity index (χ0) is 8.85. The molecule has 0 radical (unpaired) electrons. The molecule has 0 amide bonds. The van der Waals surface area contributed by atoms with Crippen molar-refractivity contribution in [2.24, 2.45) is 0 Å². The maximum Gasteiger partial charge on any atom is 0.335 e. The highest BCUT2D eigenvalue weighted by atomic mass is 32.2. The van der Waals surface area contributed by atoms with E-state index in [-0.39, 0.29) is 12.2 Å². The topological polar surface area (TPSA) is 26.3 Å². The Labute approximate surface area is 77.1 Å². The Morgan fingerprint density at radius 3 is 2.55 bits per heavy atom. The molecule has 0 aliphatic carbocycles. The molecular formula is C7H10O2S2. The fraction of sp³-hybridized carbons (Fsp3) is 0.286. The van der Waals surface area contributed by atoms with E-state index < -0.39 is 10.6 Å². The molecule has 0 fully saturated rings. The number of hydrogen-bond donors (Lipinski definition) is 2. The minimum absolute atomic E-state index is 0.187. The van der Waals surface area contributed by atoms with Gasteiger partial charge >= 0.3 is 5.97 Å². The van der Waals surface area contributed by atoms with Gasteiger partial charge in [0.05, 0.1) is 10.2 Å². The normalized spacial score (nSPS) is 9.36. The summed E-state index contributed by atoms with van der Waals surface area (Å²) in [6.07, 6.45) is 1.48. The van der Waals surface area contributed by atoms with Crippen molar-refractivity contribution >= 4 is 31.2 Å². The molecule has 11 heavy (non-hydrogen) atoms. The van der Waals surface area contributed by atoms with Gasteiger partial charge in [-0.3, -0.25) is 0 Å². The van der Waals surface area contributed by atoms with Crippen LogP contribution in [0.5, 0.6) is 0 Å². The van der Waals surface area contributed by atoms with Crippen molar-refractivity contribution in [2.75, 3.05) is 6.61 Å². The van der Waals surface area contributed by atoms with E-state index in [9.17, 15) is 4.79 Å². The van der Waals surface area contributed by atoms with Crippen LogP contribution in [0.15, 0.2) is 24.8 Å². The van der Waals surface area contributed by atoms with Crippen molar-refractivity contribution in [1.29, 1.82) is 0 Å². The van der Waals surface area contributed by atoms with Crippen molar-refractivity contribution in [3.05, 3.63) is 24.8 Å². The molecule has 0 aliphatic rings. The summed E-state index contributed by atoms with van der Waals surface area (Å²) in [5, 5.41) is 0. The number of rotatable bonds is 4. The van der Waals surface area contributed by atoms with E-state index >= 15 is 0 Å². The van der Waals surface area contributed by atoms with E-state index in [2.05, 4.69) is 43.2 Å². The summed E-state index contributed by atoms with van der Waals surface area (Å²) in [6.45, 7) is 7.02. The van der Waals surface area contributed by atoms with Crippen molar-refractivity contribution in [3.8, 4) is 0 Å². The highest BCUT2D eigenvalue weighted by Crippen LogP contribution is 2.12. The fourth-order valence-electron chi connectivity index (χ4n) is 0.333. The molecule has 2 nitrogen and oxygen atoms in total. The molecule has 0 aromatic rings. The maximum absolute atomic E-state index is 10.9. The van der Waals surface area contributed by atoms with Crippen LogP contribution in [-0.2, 0) is 9.53 Å². The highest BCUT2D eigenvalue weighted by molar-refractivity contribution is 7.99. The zero-order valence-electron chi connectivity index (χ0n) is 5.99. The first-order chi connectivity index (χ1) is 5.09. The first-order valence-electron chi connectivity index (χ1n) is 2.92. The molecule has 0 saturated carbocycles. The third kappa shape index (κ3) is 4.16. The SMILES string of the molecule is C=CCOC(=O)C(=C)C(S)S. The molecule has 0 N–H and O–H groups in total. The lowest BCUT2D eigenvalue weighted by atomic mass is 10.3. The van der Waals surface area contributed by atoms with E-state index in [1.54, 1.807) is 0 Å². The second-order valence-corrected chi connectivity index (χ2v) is 3.23. The summed E-state index contributed by atoms with van der Waals surface area (Å²) < 4.78 is 4.19. The van der Waals surface area contributed by atoms with Gasteiger partial charge in [-0.1, -0.05) is 19.2 Å². The molecular weight excluding hydrogens is 180 g/mol. The third-order valence-electron chi connectivity index (χ3n) is 0.906. The number of carbonyl (C=O) groups is 1. The Morgan fingerprint density at radius 2 is 2.18 bits per heavy atom. The second-order valence-electron chi connectivity index (χ2n) is 1.79. The van der Waals surface area contributed by atoms with Gasteiger partial charge in [0.15, 0.2) is 0 Å². The first-order valence-corrected chi connectivity index (χ1v) is 3.95. The molecule has 0 rings (SSSR count). The molecule has 62 valence electrons. The van der Waals surface area contributed by atoms with Crippen LogP contribution in [0.1, 0.15) is 0 Å². The molecule has 0 aromatic carbocycles. The average Bonchev–Trinajstić information content (AvgIpc) is 1.98. The van der Waals surface area contributed by atoms with Crippen molar-refractivity contribution in [2.45, 2.75) is 4.58 Å². The van der Waals surface area contributed by atoms with E-state index in [0.29, 0.717) is 0 Å². The van der Waals surface area contributed by atoms with E-state index in [4.69, 9.17) is 0 Å². The number of hydrogen-bond acceptors (Lipinski definition) is 4. The Bertz CT molecular complexity index is 175. The van der Waals surface area contributed by atoms with E-state index in [1.807, 2.05) is 0 Å². The van der Waals surface area contributed by atoms with Crippen LogP contribution in [0.25, 0.3) is 0 Å². The maximum atomic E-state index is 10.9. The molecule has 4 heteroatoms. The van der Waals surface area contributed by atoms with Crippen molar-refractivity contribution in [1.82, 2.24) is 0 Å². The number of carbonyl (C=O) groups excluding carboxylic acids is 1. The van der Waals surface area contributed by atoms with Crippen LogP contribution in [0, 0.1) is 0 Å². The first kappa shape index (κ1) is 10.7. The van der Waals surface area contributed by atoms with Crippen molar-refractivity contribution < 1.29 is 9.53 Å². The smallest absolute Gasteiger partial charge is 0.335 e. The average molecular weight is 190 g/mol. The summed E-state index contributed by atoms with van der Waals surface area (Å²) in [6, 6.07) is 0. The standard InChI is InChI=1S/C7H10O2S2/c1-3-4-9-6(8)5(2)7(10)11/h3,7,10-11H,1-2,4H2. The second kappa shape index (κ2) is 5.32. The summed E-state index contributed by atoms with van der Waals surface area (Å²) in [5.41, 5.74) is 0.235. The Morgan fingerprint density at radius 1 is 1.64 bits per heavy atom. The molecule has 0 spiro atoms. The summed E-state index contributed by atoms with van der Waals surface area (Å²) in [5.74, 6) is -0.486. The van der Waals surface area contributed by atoms with Gasteiger partial charge in [0.1, 0.15) is 6.61 Å². The van der Waals surface area contributed by atoms with Gasteiger partial charge in [-0.05, 0) is 0 Å². The van der Waals surface area contributed by atoms with E-state index in [0.717, 1.165) is 0 Å². The van der Waals surface area contributed by atoms with Crippen molar-refractivity contribution in [3.63, 3.8) is 0 Å². The summed E-state index contributed by atoms with van der Waals surface area (Å²) in [7, 11) is 0. The molecule has 0 aromatic heterocycles. The highest BCUT2D eigenvalue weighted by Gasteiger charge is 2.12. The predicted molar refractivity (Wildman–Crippen MR) is 52.1 cm³/mol. The van der Waals surface area contributed by atoms with Gasteiger partial charge in [0, 0.05) is 0 Å². The van der Waals surface area contributed by atoms with Crippen LogP contribution in [0.3, 0.4) is 0 Å². The van der Waals surface area contributed by atoms with Gasteiger partial charge in [-0.15, -0.1) is 0 Å². The lowest BCUT2D eigenvalue weighted by Crippen LogP contribution is -2.11. The van der Waals surface area contributed by atoms with Crippen LogP contribution in [0.4, 0.5) is 0 Å². The minimum Gasteiger partial charge on any atom is -0.458 e. The van der Waals surface area contributed by atoms with Gasteiger partial charge < -0.3 is 4.74 Å². The molecule has 0 aliphatic heterocycles. The van der Waals surface area contributed by atoms with E-state index in [1.165, 1.54) is 6.08 Å². The molecule has 0 unspecified atom stereocenters. The van der Waals surface area contributed by atoms with Gasteiger partial charge in [0.25, 0.3) is 0 Å². The van der Waals surface area contributed by atoms with Crippen LogP contribution < -0.4 is 0 Å². The quantitative estimate of drug-likeness (QED) is 0.231. The monoisotopic (exact) mass is 190 g/mol. The lowest BCUT2D eigenvalue weighted by Gasteiger charge is -2.05. The molecule has 0 saturated heterocycles. The third-order valence-corrected chi connectivity index (χ3v) is 1.53. The number of esters is 1. The Balaban J connectivity index is 3.83. The molecule has 0 atom stereocenters. The number of ether oxygens (including phenoxy) is 1. The molecule has 0 bridgehead atoms. The predicted octanol–water partition coefficient (Wildman–Crippen LogP) is 1.46.